The molecule has 0 aliphatic carbocycles. The van der Waals surface area contributed by atoms with E-state index < -0.39 is 0 Å². The Balaban J connectivity index is 1.49. The fourth-order valence-electron chi connectivity index (χ4n) is 3.75. The SMILES string of the molecule is CCCCCCc1ccc(C(=O)Oc2ccc(-c3ccc(COCCCCC)cn3)cc2)cc1. The van der Waals surface area contributed by atoms with Gasteiger partial charge in [-0.15, -0.1) is 0 Å². The Morgan fingerprint density at radius 1 is 0.765 bits per heavy atom. The van der Waals surface area contributed by atoms with Gasteiger partial charge in [0.05, 0.1) is 17.9 Å². The van der Waals surface area contributed by atoms with Crippen molar-refractivity contribution in [3.05, 3.63) is 83.6 Å². The maximum Gasteiger partial charge on any atom is 0.343 e. The largest absolute Gasteiger partial charge is 0.423 e. The minimum absolute atomic E-state index is 0.341. The van der Waals surface area contributed by atoms with Gasteiger partial charge in [0.2, 0.25) is 0 Å². The Morgan fingerprint density at radius 3 is 2.15 bits per heavy atom. The van der Waals surface area contributed by atoms with Crippen LogP contribution in [0.5, 0.6) is 5.75 Å². The van der Waals surface area contributed by atoms with Crippen LogP contribution in [0.4, 0.5) is 0 Å². The van der Waals surface area contributed by atoms with E-state index in [-0.39, 0.29) is 5.97 Å². The van der Waals surface area contributed by atoms with Gasteiger partial charge in [0.25, 0.3) is 0 Å². The van der Waals surface area contributed by atoms with Crippen molar-refractivity contribution >= 4 is 5.97 Å². The number of aryl methyl sites for hydroxylation is 1. The Bertz CT molecular complexity index is 979. The highest BCUT2D eigenvalue weighted by Crippen LogP contribution is 2.22. The first-order valence-corrected chi connectivity index (χ1v) is 12.6. The smallest absolute Gasteiger partial charge is 0.343 e. The van der Waals surface area contributed by atoms with Gasteiger partial charge in [-0.2, -0.15) is 0 Å². The minimum atomic E-state index is -0.341. The monoisotopic (exact) mass is 459 g/mol. The Kier molecular flexibility index (Phi) is 10.8. The number of ether oxygens (including phenoxy) is 2. The summed E-state index contributed by atoms with van der Waals surface area (Å²) in [6.07, 6.45) is 11.4. The average molecular weight is 460 g/mol. The van der Waals surface area contributed by atoms with Crippen molar-refractivity contribution in [2.75, 3.05) is 6.61 Å². The predicted octanol–water partition coefficient (Wildman–Crippen LogP) is 7.80. The van der Waals surface area contributed by atoms with Crippen LogP contribution < -0.4 is 4.74 Å². The highest BCUT2D eigenvalue weighted by molar-refractivity contribution is 5.91. The van der Waals surface area contributed by atoms with Gasteiger partial charge in [-0.1, -0.05) is 64.2 Å². The standard InChI is InChI=1S/C30H37NO3/c1-3-5-7-8-10-24-11-14-27(15-12-24)30(32)34-28-18-16-26(17-19-28)29-20-13-25(22-31-29)23-33-21-9-6-4-2/h11-20,22H,3-10,21,23H2,1-2H3. The lowest BCUT2D eigenvalue weighted by Gasteiger charge is -2.08. The highest BCUT2D eigenvalue weighted by atomic mass is 16.5. The second-order valence-electron chi connectivity index (χ2n) is 8.73. The second-order valence-corrected chi connectivity index (χ2v) is 8.73. The maximum atomic E-state index is 12.5. The molecule has 0 aliphatic rings. The van der Waals surface area contributed by atoms with E-state index in [0.29, 0.717) is 17.9 Å². The molecule has 180 valence electrons. The van der Waals surface area contributed by atoms with E-state index in [1.165, 1.54) is 44.1 Å². The number of unbranched alkanes of at least 4 members (excludes halogenated alkanes) is 5. The lowest BCUT2D eigenvalue weighted by atomic mass is 10.0. The van der Waals surface area contributed by atoms with Crippen molar-refractivity contribution in [3.63, 3.8) is 0 Å². The van der Waals surface area contributed by atoms with E-state index in [2.05, 4.69) is 18.8 Å². The van der Waals surface area contributed by atoms with Gasteiger partial charge in [0.15, 0.2) is 0 Å². The number of pyridine rings is 1. The molecule has 0 unspecified atom stereocenters. The van der Waals surface area contributed by atoms with Crippen LogP contribution in [-0.2, 0) is 17.8 Å². The van der Waals surface area contributed by atoms with Gasteiger partial charge < -0.3 is 9.47 Å². The zero-order valence-corrected chi connectivity index (χ0v) is 20.6. The molecule has 3 rings (SSSR count). The Labute approximate surface area is 204 Å². The Hall–Kier alpha value is -2.98. The lowest BCUT2D eigenvalue weighted by molar-refractivity contribution is 0.0734. The molecule has 0 spiro atoms. The number of aromatic nitrogens is 1. The van der Waals surface area contributed by atoms with Gasteiger partial charge in [-0.25, -0.2) is 4.79 Å². The van der Waals surface area contributed by atoms with Crippen LogP contribution in [0.25, 0.3) is 11.3 Å². The van der Waals surface area contributed by atoms with Gasteiger partial charge in [0, 0.05) is 18.4 Å². The summed E-state index contributed by atoms with van der Waals surface area (Å²) in [6.45, 7) is 5.78. The van der Waals surface area contributed by atoms with Crippen molar-refractivity contribution in [2.24, 2.45) is 0 Å². The van der Waals surface area contributed by atoms with E-state index in [0.717, 1.165) is 36.3 Å². The number of nitrogens with zero attached hydrogens (tertiary/aromatic N) is 1. The van der Waals surface area contributed by atoms with E-state index in [1.54, 1.807) is 0 Å². The summed E-state index contributed by atoms with van der Waals surface area (Å²) in [5.74, 6) is 0.182. The van der Waals surface area contributed by atoms with Crippen molar-refractivity contribution < 1.29 is 14.3 Å². The van der Waals surface area contributed by atoms with Gasteiger partial charge in [-0.05, 0) is 72.9 Å². The first-order valence-electron chi connectivity index (χ1n) is 12.6. The summed E-state index contributed by atoms with van der Waals surface area (Å²) in [5, 5.41) is 0. The molecule has 4 nitrogen and oxygen atoms in total. The van der Waals surface area contributed by atoms with Crippen molar-refractivity contribution in [2.45, 2.75) is 71.8 Å². The number of carbonyl (C=O) groups excluding carboxylic acids is 1. The summed E-state index contributed by atoms with van der Waals surface area (Å²) >= 11 is 0. The van der Waals surface area contributed by atoms with Gasteiger partial charge in [0.1, 0.15) is 5.75 Å². The molecule has 0 atom stereocenters. The van der Waals surface area contributed by atoms with Crippen LogP contribution in [0.1, 0.15) is 80.3 Å². The van der Waals surface area contributed by atoms with Crippen LogP contribution in [0.15, 0.2) is 66.9 Å². The van der Waals surface area contributed by atoms with Crippen LogP contribution >= 0.6 is 0 Å². The topological polar surface area (TPSA) is 48.4 Å². The summed E-state index contributed by atoms with van der Waals surface area (Å²) in [5.41, 5.74) is 4.75. The summed E-state index contributed by atoms with van der Waals surface area (Å²) in [6, 6.07) is 19.3. The number of benzene rings is 2. The summed E-state index contributed by atoms with van der Waals surface area (Å²) < 4.78 is 11.3. The number of carbonyl (C=O) groups is 1. The van der Waals surface area contributed by atoms with E-state index in [4.69, 9.17) is 9.47 Å². The molecule has 0 fully saturated rings. The molecule has 2 aromatic carbocycles. The van der Waals surface area contributed by atoms with Gasteiger partial charge >= 0.3 is 5.97 Å². The molecule has 0 aliphatic heterocycles. The Morgan fingerprint density at radius 2 is 1.47 bits per heavy atom. The molecule has 3 aromatic rings. The molecule has 0 radical (unpaired) electrons. The third-order valence-electron chi connectivity index (χ3n) is 5.85. The average Bonchev–Trinajstić information content (AvgIpc) is 2.88. The molecule has 0 bridgehead atoms. The molecular weight excluding hydrogens is 422 g/mol. The third kappa shape index (κ3) is 8.42. The molecule has 1 heterocycles. The van der Waals surface area contributed by atoms with E-state index in [1.807, 2.05) is 66.9 Å². The number of hydrogen-bond donors (Lipinski definition) is 0. The lowest BCUT2D eigenvalue weighted by Crippen LogP contribution is -2.08. The fourth-order valence-corrected chi connectivity index (χ4v) is 3.75. The first-order chi connectivity index (χ1) is 16.7. The maximum absolute atomic E-state index is 12.5. The van der Waals surface area contributed by atoms with E-state index >= 15 is 0 Å². The normalized spacial score (nSPS) is 10.9. The molecule has 4 heteroatoms. The van der Waals surface area contributed by atoms with Crippen LogP contribution in [0, 0.1) is 0 Å². The van der Waals surface area contributed by atoms with E-state index in [9.17, 15) is 4.79 Å². The quantitative estimate of drug-likeness (QED) is 0.140. The zero-order chi connectivity index (χ0) is 24.0. The van der Waals surface area contributed by atoms with Crippen molar-refractivity contribution in [1.82, 2.24) is 4.98 Å². The fraction of sp³-hybridized carbons (Fsp3) is 0.400. The predicted molar refractivity (Wildman–Crippen MR) is 138 cm³/mol. The van der Waals surface area contributed by atoms with Crippen LogP contribution in [0.3, 0.4) is 0 Å². The zero-order valence-electron chi connectivity index (χ0n) is 20.6. The summed E-state index contributed by atoms with van der Waals surface area (Å²) in [4.78, 5) is 17.1. The highest BCUT2D eigenvalue weighted by Gasteiger charge is 2.09. The molecule has 0 saturated carbocycles. The number of rotatable bonds is 14. The third-order valence-corrected chi connectivity index (χ3v) is 5.85. The summed E-state index contributed by atoms with van der Waals surface area (Å²) in [7, 11) is 0. The number of esters is 1. The van der Waals surface area contributed by atoms with Crippen LogP contribution in [-0.4, -0.2) is 17.6 Å². The molecule has 0 saturated heterocycles. The minimum Gasteiger partial charge on any atom is -0.423 e. The van der Waals surface area contributed by atoms with Gasteiger partial charge in [-0.3, -0.25) is 4.98 Å². The molecule has 34 heavy (non-hydrogen) atoms. The molecule has 0 amide bonds. The van der Waals surface area contributed by atoms with Crippen molar-refractivity contribution in [1.29, 1.82) is 0 Å². The first kappa shape index (κ1) is 25.6. The van der Waals surface area contributed by atoms with Crippen molar-refractivity contribution in [3.8, 4) is 17.0 Å². The van der Waals surface area contributed by atoms with Crippen LogP contribution in [0.2, 0.25) is 0 Å². The molecule has 0 N–H and O–H groups in total. The number of hydrogen-bond acceptors (Lipinski definition) is 4. The second kappa shape index (κ2) is 14.3. The molecule has 1 aromatic heterocycles. The molecular formula is C30H37NO3.